The molecular weight excluding hydrogens is 178 g/mol. The third-order valence-electron chi connectivity index (χ3n) is 1.79. The highest BCUT2D eigenvalue weighted by atomic mass is 32.1. The topological polar surface area (TPSA) is 23.8 Å². The molecule has 13 heavy (non-hydrogen) atoms. The van der Waals surface area contributed by atoms with Crippen molar-refractivity contribution in [3.8, 4) is 17.2 Å². The van der Waals surface area contributed by atoms with E-state index in [9.17, 15) is 0 Å². The Bertz CT molecular complexity index is 437. The summed E-state index contributed by atoms with van der Waals surface area (Å²) in [5, 5.41) is 13.8. The lowest BCUT2D eigenvalue weighted by molar-refractivity contribution is 1.48. The summed E-state index contributed by atoms with van der Waals surface area (Å²) in [6.07, 6.45) is 0. The zero-order valence-electron chi connectivity index (χ0n) is 6.82. The molecule has 0 saturated heterocycles. The van der Waals surface area contributed by atoms with Gasteiger partial charge in [-0.15, -0.1) is 11.3 Å². The molecule has 1 aromatic heterocycles. The van der Waals surface area contributed by atoms with E-state index in [0.717, 1.165) is 11.1 Å². The van der Waals surface area contributed by atoms with Gasteiger partial charge >= 0.3 is 0 Å². The predicted molar refractivity (Wildman–Crippen MR) is 53.3 cm³/mol. The minimum Gasteiger partial charge on any atom is -0.192 e. The second-order valence-electron chi connectivity index (χ2n) is 2.65. The Kier molecular flexibility index (Phi) is 2.11. The largest absolute Gasteiger partial charge is 0.192 e. The molecule has 61 valence electrons. The third-order valence-corrected chi connectivity index (χ3v) is 2.42. The van der Waals surface area contributed by atoms with Crippen molar-refractivity contribution in [3.05, 3.63) is 46.7 Å². The predicted octanol–water partition coefficient (Wildman–Crippen LogP) is 3.09. The van der Waals surface area contributed by atoms with Crippen LogP contribution in [0.15, 0.2) is 35.7 Å². The van der Waals surface area contributed by atoms with E-state index in [1.165, 1.54) is 11.3 Å². The van der Waals surface area contributed by atoms with E-state index in [2.05, 4.69) is 11.4 Å². The van der Waals surface area contributed by atoms with Crippen molar-refractivity contribution in [2.75, 3.05) is 0 Å². The molecule has 0 aliphatic rings. The number of nitrogens with zero attached hydrogens (tertiary/aromatic N) is 1. The molecule has 1 heterocycles. The summed E-state index contributed by atoms with van der Waals surface area (Å²) in [6.45, 7) is 0. The SMILES string of the molecule is N#Cc1cccc(-c2c[c]sc2)c1. The molecule has 0 amide bonds. The molecule has 2 heteroatoms. The Labute approximate surface area is 80.9 Å². The fourth-order valence-corrected chi connectivity index (χ4v) is 1.74. The summed E-state index contributed by atoms with van der Waals surface area (Å²) in [7, 11) is 0. The molecule has 0 bridgehead atoms. The first-order valence-electron chi connectivity index (χ1n) is 3.85. The lowest BCUT2D eigenvalue weighted by atomic mass is 10.1. The smallest absolute Gasteiger partial charge is 0.0991 e. The molecule has 1 nitrogen and oxygen atoms in total. The minimum atomic E-state index is 0.698. The molecule has 2 aromatic rings. The van der Waals surface area contributed by atoms with E-state index in [1.807, 2.05) is 29.6 Å². The highest BCUT2D eigenvalue weighted by molar-refractivity contribution is 7.07. The van der Waals surface area contributed by atoms with Crippen molar-refractivity contribution in [1.29, 1.82) is 5.26 Å². The van der Waals surface area contributed by atoms with Gasteiger partial charge in [0.1, 0.15) is 0 Å². The maximum atomic E-state index is 8.70. The van der Waals surface area contributed by atoms with Gasteiger partial charge in [-0.25, -0.2) is 0 Å². The van der Waals surface area contributed by atoms with Crippen molar-refractivity contribution in [1.82, 2.24) is 0 Å². The molecule has 0 fully saturated rings. The van der Waals surface area contributed by atoms with Crippen molar-refractivity contribution in [2.45, 2.75) is 0 Å². The maximum absolute atomic E-state index is 8.70. The first-order valence-corrected chi connectivity index (χ1v) is 4.73. The Morgan fingerprint density at radius 2 is 2.23 bits per heavy atom. The zero-order valence-corrected chi connectivity index (χ0v) is 7.64. The van der Waals surface area contributed by atoms with Crippen molar-refractivity contribution < 1.29 is 0 Å². The average molecular weight is 184 g/mol. The fourth-order valence-electron chi connectivity index (χ4n) is 1.15. The first-order chi connectivity index (χ1) is 6.40. The van der Waals surface area contributed by atoms with Crippen LogP contribution in [0.25, 0.3) is 11.1 Å². The first kappa shape index (κ1) is 8.03. The molecule has 0 aliphatic heterocycles. The van der Waals surface area contributed by atoms with Crippen LogP contribution < -0.4 is 0 Å². The number of hydrogen-bond acceptors (Lipinski definition) is 2. The van der Waals surface area contributed by atoms with Crippen LogP contribution in [0.1, 0.15) is 5.56 Å². The normalized spacial score (nSPS) is 9.46. The van der Waals surface area contributed by atoms with Gasteiger partial charge in [0.25, 0.3) is 0 Å². The highest BCUT2D eigenvalue weighted by Gasteiger charge is 1.98. The molecule has 0 spiro atoms. The summed E-state index contributed by atoms with van der Waals surface area (Å²) in [5.41, 5.74) is 2.90. The molecule has 1 radical (unpaired) electrons. The minimum absolute atomic E-state index is 0.698. The standard InChI is InChI=1S/C11H6NS/c12-7-9-2-1-3-10(6-9)11-4-5-13-8-11/h1-4,6,8H. The van der Waals surface area contributed by atoms with Crippen LogP contribution in [0.5, 0.6) is 0 Å². The van der Waals surface area contributed by atoms with Crippen LogP contribution >= 0.6 is 11.3 Å². The van der Waals surface area contributed by atoms with Crippen LogP contribution in [0.4, 0.5) is 0 Å². The third kappa shape index (κ3) is 1.61. The average Bonchev–Trinajstić information content (AvgIpc) is 2.71. The van der Waals surface area contributed by atoms with Gasteiger partial charge in [0.2, 0.25) is 0 Å². The van der Waals surface area contributed by atoms with Crippen LogP contribution in [0.3, 0.4) is 0 Å². The Balaban J connectivity index is 2.49. The quantitative estimate of drug-likeness (QED) is 0.668. The Hall–Kier alpha value is -1.59. The van der Waals surface area contributed by atoms with Gasteiger partial charge in [0.15, 0.2) is 0 Å². The van der Waals surface area contributed by atoms with Crippen molar-refractivity contribution in [3.63, 3.8) is 0 Å². The number of rotatable bonds is 1. The number of benzene rings is 1. The van der Waals surface area contributed by atoms with E-state index < -0.39 is 0 Å². The second-order valence-corrected chi connectivity index (χ2v) is 3.35. The molecule has 0 aliphatic carbocycles. The van der Waals surface area contributed by atoms with Gasteiger partial charge in [-0.3, -0.25) is 0 Å². The van der Waals surface area contributed by atoms with E-state index >= 15 is 0 Å². The van der Waals surface area contributed by atoms with Gasteiger partial charge < -0.3 is 0 Å². The van der Waals surface area contributed by atoms with Crippen LogP contribution in [0, 0.1) is 16.7 Å². The van der Waals surface area contributed by atoms with E-state index in [1.54, 1.807) is 6.07 Å². The summed E-state index contributed by atoms with van der Waals surface area (Å²) in [4.78, 5) is 0. The lowest BCUT2D eigenvalue weighted by Gasteiger charge is -1.96. The summed E-state index contributed by atoms with van der Waals surface area (Å²) in [5.74, 6) is 0. The highest BCUT2D eigenvalue weighted by Crippen LogP contribution is 2.22. The summed E-state index contributed by atoms with van der Waals surface area (Å²) >= 11 is 1.54. The van der Waals surface area contributed by atoms with E-state index in [0.29, 0.717) is 5.56 Å². The summed E-state index contributed by atoms with van der Waals surface area (Å²) in [6, 6.07) is 11.6. The summed E-state index contributed by atoms with van der Waals surface area (Å²) < 4.78 is 0. The Morgan fingerprint density at radius 3 is 2.92 bits per heavy atom. The zero-order chi connectivity index (χ0) is 9.10. The van der Waals surface area contributed by atoms with Gasteiger partial charge in [-0.2, -0.15) is 5.26 Å². The van der Waals surface area contributed by atoms with Crippen LogP contribution in [-0.2, 0) is 0 Å². The molecule has 0 N–H and O–H groups in total. The van der Waals surface area contributed by atoms with Gasteiger partial charge in [0, 0.05) is 5.38 Å². The second kappa shape index (κ2) is 3.42. The maximum Gasteiger partial charge on any atom is 0.0991 e. The van der Waals surface area contributed by atoms with Crippen molar-refractivity contribution in [2.24, 2.45) is 0 Å². The van der Waals surface area contributed by atoms with Gasteiger partial charge in [-0.05, 0) is 34.7 Å². The Morgan fingerprint density at radius 1 is 1.31 bits per heavy atom. The molecule has 0 atom stereocenters. The molecule has 0 saturated carbocycles. The van der Waals surface area contributed by atoms with Gasteiger partial charge in [-0.1, -0.05) is 12.1 Å². The van der Waals surface area contributed by atoms with Crippen molar-refractivity contribution >= 4 is 11.3 Å². The fraction of sp³-hybridized carbons (Fsp3) is 0. The number of thiophene rings is 1. The lowest BCUT2D eigenvalue weighted by Crippen LogP contribution is -1.76. The number of hydrogen-bond donors (Lipinski definition) is 0. The van der Waals surface area contributed by atoms with E-state index in [4.69, 9.17) is 5.26 Å². The molecule has 1 aromatic carbocycles. The van der Waals surface area contributed by atoms with Gasteiger partial charge in [0.05, 0.1) is 11.6 Å². The molecule has 2 rings (SSSR count). The molecule has 0 unspecified atom stereocenters. The van der Waals surface area contributed by atoms with E-state index in [-0.39, 0.29) is 0 Å². The van der Waals surface area contributed by atoms with Crippen LogP contribution in [-0.4, -0.2) is 0 Å². The monoisotopic (exact) mass is 184 g/mol. The van der Waals surface area contributed by atoms with Crippen LogP contribution in [0.2, 0.25) is 0 Å². The molecular formula is C11H6NS. The number of nitriles is 1.